The standard InChI is InChI=1S/C18H23N5O2/c1-19-17(24)16-13-23(18(25)15-8-9-20-21(15)2)11-10-22(16)12-14-6-4-3-5-7-14/h3-9,16H,10-13H2,1-2H3,(H,19,24). The van der Waals surface area contributed by atoms with Gasteiger partial charge in [0.1, 0.15) is 11.7 Å². The van der Waals surface area contributed by atoms with Crippen LogP contribution in [0.15, 0.2) is 42.6 Å². The topological polar surface area (TPSA) is 70.5 Å². The van der Waals surface area contributed by atoms with Crippen LogP contribution in [0, 0.1) is 0 Å². The molecule has 2 heterocycles. The number of benzene rings is 1. The highest BCUT2D eigenvalue weighted by Crippen LogP contribution is 2.16. The van der Waals surface area contributed by atoms with Crippen molar-refractivity contribution < 1.29 is 9.59 Å². The molecule has 0 saturated carbocycles. The third-order valence-electron chi connectivity index (χ3n) is 4.60. The lowest BCUT2D eigenvalue weighted by Gasteiger charge is -2.40. The molecule has 7 heteroatoms. The van der Waals surface area contributed by atoms with Crippen LogP contribution in [0.25, 0.3) is 0 Å². The molecule has 1 aromatic heterocycles. The van der Waals surface area contributed by atoms with Crippen LogP contribution in [0.1, 0.15) is 16.1 Å². The van der Waals surface area contributed by atoms with E-state index >= 15 is 0 Å². The minimum absolute atomic E-state index is 0.0709. The summed E-state index contributed by atoms with van der Waals surface area (Å²) in [5, 5.41) is 6.77. The van der Waals surface area contributed by atoms with Gasteiger partial charge in [0.05, 0.1) is 0 Å². The maximum atomic E-state index is 12.7. The number of piperazine rings is 1. The summed E-state index contributed by atoms with van der Waals surface area (Å²) in [5.74, 6) is -0.160. The first-order valence-electron chi connectivity index (χ1n) is 8.37. The summed E-state index contributed by atoms with van der Waals surface area (Å²) in [6.45, 7) is 2.30. The molecule has 25 heavy (non-hydrogen) atoms. The van der Waals surface area contributed by atoms with Gasteiger partial charge in [-0.3, -0.25) is 19.2 Å². The summed E-state index contributed by atoms with van der Waals surface area (Å²) in [5.41, 5.74) is 1.69. The second-order valence-electron chi connectivity index (χ2n) is 6.18. The van der Waals surface area contributed by atoms with E-state index in [2.05, 4.69) is 15.3 Å². The fourth-order valence-electron chi connectivity index (χ4n) is 3.17. The van der Waals surface area contributed by atoms with E-state index in [1.54, 1.807) is 35.9 Å². The molecule has 1 atom stereocenters. The summed E-state index contributed by atoms with van der Waals surface area (Å²) in [6, 6.07) is 11.4. The number of carbonyl (C=O) groups is 2. The van der Waals surface area contributed by atoms with Gasteiger partial charge in [0.15, 0.2) is 0 Å². The Morgan fingerprint density at radius 2 is 1.96 bits per heavy atom. The summed E-state index contributed by atoms with van der Waals surface area (Å²) in [6.07, 6.45) is 1.61. The Morgan fingerprint density at radius 1 is 1.20 bits per heavy atom. The van der Waals surface area contributed by atoms with E-state index in [1.165, 1.54) is 0 Å². The predicted octanol–water partition coefficient (Wildman–Crippen LogP) is 0.493. The molecule has 132 valence electrons. The highest BCUT2D eigenvalue weighted by molar-refractivity contribution is 5.93. The number of aryl methyl sites for hydroxylation is 1. The normalized spacial score (nSPS) is 18.2. The number of carbonyl (C=O) groups excluding carboxylic acids is 2. The molecule has 7 nitrogen and oxygen atoms in total. The van der Waals surface area contributed by atoms with Crippen LogP contribution in [0.5, 0.6) is 0 Å². The quantitative estimate of drug-likeness (QED) is 0.879. The molecular weight excluding hydrogens is 318 g/mol. The molecular formula is C18H23N5O2. The molecule has 2 amide bonds. The zero-order chi connectivity index (χ0) is 17.8. The second-order valence-corrected chi connectivity index (χ2v) is 6.18. The van der Waals surface area contributed by atoms with Crippen LogP contribution in [0.4, 0.5) is 0 Å². The molecule has 3 rings (SSSR count). The van der Waals surface area contributed by atoms with Gasteiger partial charge in [-0.1, -0.05) is 30.3 Å². The Hall–Kier alpha value is -2.67. The van der Waals surface area contributed by atoms with Gasteiger partial charge in [-0.15, -0.1) is 0 Å². The van der Waals surface area contributed by atoms with Crippen molar-refractivity contribution in [1.82, 2.24) is 24.9 Å². The fraction of sp³-hybridized carbons (Fsp3) is 0.389. The first-order chi connectivity index (χ1) is 12.1. The van der Waals surface area contributed by atoms with Crippen molar-refractivity contribution in [3.8, 4) is 0 Å². The number of amides is 2. The van der Waals surface area contributed by atoms with Crippen molar-refractivity contribution in [2.75, 3.05) is 26.7 Å². The number of likely N-dealkylation sites (N-methyl/N-ethyl adjacent to an activating group) is 1. The smallest absolute Gasteiger partial charge is 0.272 e. The van der Waals surface area contributed by atoms with Gasteiger partial charge in [0.2, 0.25) is 5.91 Å². The third kappa shape index (κ3) is 3.71. The highest BCUT2D eigenvalue weighted by atomic mass is 16.2. The van der Waals surface area contributed by atoms with Gasteiger partial charge in [0.25, 0.3) is 5.91 Å². The molecule has 1 aromatic carbocycles. The Balaban J connectivity index is 1.75. The van der Waals surface area contributed by atoms with E-state index < -0.39 is 0 Å². The van der Waals surface area contributed by atoms with Crippen molar-refractivity contribution in [1.29, 1.82) is 0 Å². The van der Waals surface area contributed by atoms with Gasteiger partial charge in [-0.25, -0.2) is 0 Å². The lowest BCUT2D eigenvalue weighted by molar-refractivity contribution is -0.128. The van der Waals surface area contributed by atoms with Gasteiger partial charge in [0, 0.05) is 46.5 Å². The van der Waals surface area contributed by atoms with Gasteiger partial charge in [-0.2, -0.15) is 5.10 Å². The number of hydrogen-bond donors (Lipinski definition) is 1. The van der Waals surface area contributed by atoms with Crippen molar-refractivity contribution in [3.63, 3.8) is 0 Å². The molecule has 0 aliphatic carbocycles. The largest absolute Gasteiger partial charge is 0.358 e. The lowest BCUT2D eigenvalue weighted by Crippen LogP contribution is -2.59. The van der Waals surface area contributed by atoms with Crippen LogP contribution in [-0.2, 0) is 18.4 Å². The van der Waals surface area contributed by atoms with E-state index in [9.17, 15) is 9.59 Å². The van der Waals surface area contributed by atoms with E-state index in [4.69, 9.17) is 0 Å². The maximum absolute atomic E-state index is 12.7. The SMILES string of the molecule is CNC(=O)C1CN(C(=O)c2ccnn2C)CCN1Cc1ccccc1. The summed E-state index contributed by atoms with van der Waals surface area (Å²) >= 11 is 0. The Bertz CT molecular complexity index is 743. The minimum Gasteiger partial charge on any atom is -0.358 e. The molecule has 1 unspecified atom stereocenters. The average Bonchev–Trinajstić information content (AvgIpc) is 3.07. The molecule has 1 fully saturated rings. The zero-order valence-electron chi connectivity index (χ0n) is 14.6. The second kappa shape index (κ2) is 7.48. The van der Waals surface area contributed by atoms with E-state index in [0.29, 0.717) is 31.9 Å². The molecule has 1 N–H and O–H groups in total. The van der Waals surface area contributed by atoms with Crippen LogP contribution >= 0.6 is 0 Å². The highest BCUT2D eigenvalue weighted by Gasteiger charge is 2.34. The third-order valence-corrected chi connectivity index (χ3v) is 4.60. The van der Waals surface area contributed by atoms with Gasteiger partial charge < -0.3 is 10.2 Å². The molecule has 0 spiro atoms. The summed E-state index contributed by atoms with van der Waals surface area (Å²) in [7, 11) is 3.38. The Labute approximate surface area is 147 Å². The summed E-state index contributed by atoms with van der Waals surface area (Å²) < 4.78 is 1.56. The van der Waals surface area contributed by atoms with Crippen LogP contribution < -0.4 is 5.32 Å². The predicted molar refractivity (Wildman–Crippen MR) is 93.8 cm³/mol. The van der Waals surface area contributed by atoms with E-state index in [0.717, 1.165) is 5.56 Å². The molecule has 1 aliphatic rings. The van der Waals surface area contributed by atoms with Crippen molar-refractivity contribution in [2.24, 2.45) is 7.05 Å². The van der Waals surface area contributed by atoms with Gasteiger partial charge in [-0.05, 0) is 11.6 Å². The number of nitrogens with zero attached hydrogens (tertiary/aromatic N) is 4. The van der Waals surface area contributed by atoms with Crippen LogP contribution in [-0.4, -0.2) is 64.1 Å². The number of nitrogens with one attached hydrogen (secondary N) is 1. The summed E-state index contributed by atoms with van der Waals surface area (Å²) in [4.78, 5) is 29.0. The first-order valence-corrected chi connectivity index (χ1v) is 8.37. The zero-order valence-corrected chi connectivity index (χ0v) is 14.6. The lowest BCUT2D eigenvalue weighted by atomic mass is 10.1. The number of hydrogen-bond acceptors (Lipinski definition) is 4. The van der Waals surface area contributed by atoms with Gasteiger partial charge >= 0.3 is 0 Å². The fourth-order valence-corrected chi connectivity index (χ4v) is 3.17. The monoisotopic (exact) mass is 341 g/mol. The molecule has 2 aromatic rings. The molecule has 0 radical (unpaired) electrons. The molecule has 1 aliphatic heterocycles. The van der Waals surface area contributed by atoms with Crippen LogP contribution in [0.3, 0.4) is 0 Å². The molecule has 1 saturated heterocycles. The molecule has 0 bridgehead atoms. The minimum atomic E-state index is -0.365. The Kier molecular flexibility index (Phi) is 5.14. The van der Waals surface area contributed by atoms with E-state index in [-0.39, 0.29) is 17.9 Å². The van der Waals surface area contributed by atoms with Crippen molar-refractivity contribution in [3.05, 3.63) is 53.9 Å². The van der Waals surface area contributed by atoms with E-state index in [1.807, 2.05) is 30.3 Å². The van der Waals surface area contributed by atoms with Crippen molar-refractivity contribution in [2.45, 2.75) is 12.6 Å². The van der Waals surface area contributed by atoms with Crippen molar-refractivity contribution >= 4 is 11.8 Å². The number of aromatic nitrogens is 2. The Morgan fingerprint density at radius 3 is 2.60 bits per heavy atom. The first kappa shape index (κ1) is 17.2. The maximum Gasteiger partial charge on any atom is 0.272 e. The average molecular weight is 341 g/mol. The van der Waals surface area contributed by atoms with Crippen LogP contribution in [0.2, 0.25) is 0 Å². The number of rotatable bonds is 4.